The highest BCUT2D eigenvalue weighted by molar-refractivity contribution is 5.96. The highest BCUT2D eigenvalue weighted by Gasteiger charge is 2.41. The lowest BCUT2D eigenvalue weighted by atomic mass is 9.73. The summed E-state index contributed by atoms with van der Waals surface area (Å²) >= 11 is 0. The number of carbonyl (C=O) groups is 2. The molecule has 118 valence electrons. The molecule has 3 rings (SSSR count). The molecule has 1 fully saturated rings. The fourth-order valence-electron chi connectivity index (χ4n) is 2.67. The van der Waals surface area contributed by atoms with Crippen LogP contribution in [-0.2, 0) is 9.59 Å². The Morgan fingerprint density at radius 2 is 2.00 bits per heavy atom. The van der Waals surface area contributed by atoms with E-state index in [2.05, 4.69) is 15.3 Å². The first-order valence-electron chi connectivity index (χ1n) is 7.48. The van der Waals surface area contributed by atoms with E-state index in [9.17, 15) is 9.59 Å². The van der Waals surface area contributed by atoms with Crippen LogP contribution in [0.3, 0.4) is 0 Å². The maximum absolute atomic E-state index is 12.2. The largest absolute Gasteiger partial charge is 0.481 e. The van der Waals surface area contributed by atoms with E-state index in [1.54, 1.807) is 18.3 Å². The zero-order valence-electron chi connectivity index (χ0n) is 12.7. The van der Waals surface area contributed by atoms with Crippen molar-refractivity contribution >= 4 is 17.6 Å². The van der Waals surface area contributed by atoms with Crippen molar-refractivity contribution in [2.24, 2.45) is 11.8 Å². The molecule has 1 aromatic heterocycles. The summed E-state index contributed by atoms with van der Waals surface area (Å²) in [5.74, 6) is -1.58. The molecular formula is C17H17N3O3. The monoisotopic (exact) mass is 311 g/mol. The number of aryl methyl sites for hydroxylation is 1. The van der Waals surface area contributed by atoms with Crippen molar-refractivity contribution in [1.82, 2.24) is 9.97 Å². The van der Waals surface area contributed by atoms with Gasteiger partial charge in [0.1, 0.15) is 0 Å². The fourth-order valence-corrected chi connectivity index (χ4v) is 2.67. The minimum absolute atomic E-state index is 0.244. The molecule has 1 aliphatic rings. The summed E-state index contributed by atoms with van der Waals surface area (Å²) in [7, 11) is 0. The average molecular weight is 311 g/mol. The lowest BCUT2D eigenvalue weighted by molar-refractivity contribution is -0.151. The van der Waals surface area contributed by atoms with Crippen molar-refractivity contribution in [2.45, 2.75) is 19.8 Å². The van der Waals surface area contributed by atoms with Crippen LogP contribution in [-0.4, -0.2) is 27.0 Å². The zero-order valence-corrected chi connectivity index (χ0v) is 12.7. The second kappa shape index (κ2) is 6.16. The van der Waals surface area contributed by atoms with Crippen LogP contribution in [0.25, 0.3) is 11.4 Å². The number of carboxylic acid groups (broad SMARTS) is 1. The number of carbonyl (C=O) groups excluding carboxylic acids is 1. The number of rotatable bonds is 4. The highest BCUT2D eigenvalue weighted by atomic mass is 16.4. The Morgan fingerprint density at radius 1 is 1.22 bits per heavy atom. The van der Waals surface area contributed by atoms with Gasteiger partial charge in [-0.05, 0) is 38.0 Å². The normalized spacial score (nSPS) is 19.7. The summed E-state index contributed by atoms with van der Waals surface area (Å²) in [6.07, 6.45) is 2.86. The summed E-state index contributed by atoms with van der Waals surface area (Å²) < 4.78 is 0. The summed E-state index contributed by atoms with van der Waals surface area (Å²) in [6.45, 7) is 1.89. The Morgan fingerprint density at radius 3 is 2.65 bits per heavy atom. The van der Waals surface area contributed by atoms with Crippen molar-refractivity contribution in [2.75, 3.05) is 5.32 Å². The summed E-state index contributed by atoms with van der Waals surface area (Å²) in [6, 6.07) is 9.06. The predicted molar refractivity (Wildman–Crippen MR) is 84.7 cm³/mol. The van der Waals surface area contributed by atoms with Crippen molar-refractivity contribution in [1.29, 1.82) is 0 Å². The number of aliphatic carboxylic acids is 1. The number of hydrogen-bond donors (Lipinski definition) is 2. The third-order valence-electron chi connectivity index (χ3n) is 4.11. The minimum atomic E-state index is -0.904. The molecule has 1 aromatic carbocycles. The molecule has 6 heteroatoms. The predicted octanol–water partition coefficient (Wildman–Crippen LogP) is 2.50. The molecule has 1 saturated carbocycles. The molecular weight excluding hydrogens is 294 g/mol. The van der Waals surface area contributed by atoms with Gasteiger partial charge >= 0.3 is 5.97 Å². The van der Waals surface area contributed by atoms with Gasteiger partial charge in [-0.2, -0.15) is 0 Å². The molecule has 0 radical (unpaired) electrons. The third kappa shape index (κ3) is 3.21. The molecule has 2 aromatic rings. The summed E-state index contributed by atoms with van der Waals surface area (Å²) in [5, 5.41) is 11.8. The Bertz CT molecular complexity index is 760. The number of carboxylic acids is 1. The lowest BCUT2D eigenvalue weighted by Gasteiger charge is -2.31. The first kappa shape index (κ1) is 15.1. The molecule has 2 atom stereocenters. The van der Waals surface area contributed by atoms with Gasteiger partial charge in [0.2, 0.25) is 5.91 Å². The molecule has 2 N–H and O–H groups in total. The lowest BCUT2D eigenvalue weighted by Crippen LogP contribution is -2.41. The van der Waals surface area contributed by atoms with E-state index in [1.807, 2.05) is 25.1 Å². The topological polar surface area (TPSA) is 92.2 Å². The molecule has 0 bridgehead atoms. The van der Waals surface area contributed by atoms with E-state index in [4.69, 9.17) is 5.11 Å². The van der Waals surface area contributed by atoms with Gasteiger partial charge in [0.25, 0.3) is 0 Å². The number of benzene rings is 1. The summed E-state index contributed by atoms with van der Waals surface area (Å²) in [4.78, 5) is 31.8. The van der Waals surface area contributed by atoms with Gasteiger partial charge in [-0.1, -0.05) is 12.1 Å². The maximum Gasteiger partial charge on any atom is 0.307 e. The van der Waals surface area contributed by atoms with Gasteiger partial charge in [0.15, 0.2) is 5.82 Å². The number of amides is 1. The van der Waals surface area contributed by atoms with Crippen LogP contribution < -0.4 is 5.32 Å². The number of hydrogen-bond acceptors (Lipinski definition) is 4. The van der Waals surface area contributed by atoms with Gasteiger partial charge in [0, 0.05) is 23.1 Å². The van der Waals surface area contributed by atoms with E-state index < -0.39 is 17.8 Å². The first-order chi connectivity index (χ1) is 11.0. The molecule has 0 aliphatic heterocycles. The van der Waals surface area contributed by atoms with E-state index in [1.165, 1.54) is 0 Å². The van der Waals surface area contributed by atoms with Crippen LogP contribution in [0.4, 0.5) is 5.69 Å². The van der Waals surface area contributed by atoms with Gasteiger partial charge in [-0.3, -0.25) is 9.59 Å². The second-order valence-corrected chi connectivity index (χ2v) is 5.72. The van der Waals surface area contributed by atoms with E-state index >= 15 is 0 Å². The molecule has 1 heterocycles. The minimum Gasteiger partial charge on any atom is -0.481 e. The molecule has 1 amide bonds. The Balaban J connectivity index is 1.75. The highest BCUT2D eigenvalue weighted by Crippen LogP contribution is 2.35. The van der Waals surface area contributed by atoms with Crippen LogP contribution in [0.5, 0.6) is 0 Å². The van der Waals surface area contributed by atoms with E-state index in [0.29, 0.717) is 24.4 Å². The Labute approximate surface area is 133 Å². The van der Waals surface area contributed by atoms with Crippen molar-refractivity contribution in [3.05, 3.63) is 42.2 Å². The van der Waals surface area contributed by atoms with E-state index in [-0.39, 0.29) is 5.91 Å². The van der Waals surface area contributed by atoms with Gasteiger partial charge in [0.05, 0.1) is 11.8 Å². The number of nitrogens with zero attached hydrogens (tertiary/aromatic N) is 2. The molecule has 0 saturated heterocycles. The van der Waals surface area contributed by atoms with Crippen LogP contribution in [0.2, 0.25) is 0 Å². The molecule has 1 aliphatic carbocycles. The van der Waals surface area contributed by atoms with Crippen LogP contribution >= 0.6 is 0 Å². The van der Waals surface area contributed by atoms with Crippen LogP contribution in [0.1, 0.15) is 18.5 Å². The Kier molecular flexibility index (Phi) is 4.06. The number of anilines is 1. The molecule has 0 spiro atoms. The average Bonchev–Trinajstić information content (AvgIpc) is 2.45. The van der Waals surface area contributed by atoms with Crippen LogP contribution in [0.15, 0.2) is 36.5 Å². The maximum atomic E-state index is 12.2. The van der Waals surface area contributed by atoms with Gasteiger partial charge in [-0.25, -0.2) is 9.97 Å². The summed E-state index contributed by atoms with van der Waals surface area (Å²) in [5.41, 5.74) is 2.28. The molecule has 2 unspecified atom stereocenters. The molecule has 23 heavy (non-hydrogen) atoms. The zero-order chi connectivity index (χ0) is 16.4. The van der Waals surface area contributed by atoms with Gasteiger partial charge < -0.3 is 10.4 Å². The fraction of sp³-hybridized carbons (Fsp3) is 0.294. The standard InChI is InChI=1S/C17H17N3O3/c1-10-7-8-18-15(19-10)11-3-2-4-12(9-11)20-16(21)13-5-6-14(13)17(22)23/h2-4,7-9,13-14H,5-6H2,1H3,(H,20,21)(H,22,23). The molecule has 6 nitrogen and oxygen atoms in total. The van der Waals surface area contributed by atoms with Gasteiger partial charge in [-0.15, -0.1) is 0 Å². The van der Waals surface area contributed by atoms with Crippen LogP contribution in [0, 0.1) is 18.8 Å². The van der Waals surface area contributed by atoms with Crippen molar-refractivity contribution in [3.8, 4) is 11.4 Å². The number of aromatic nitrogens is 2. The first-order valence-corrected chi connectivity index (χ1v) is 7.48. The third-order valence-corrected chi connectivity index (χ3v) is 4.11. The SMILES string of the molecule is Cc1ccnc(-c2cccc(NC(=O)C3CCC3C(=O)O)c2)n1. The van der Waals surface area contributed by atoms with E-state index in [0.717, 1.165) is 11.3 Å². The van der Waals surface area contributed by atoms with Crippen molar-refractivity contribution < 1.29 is 14.7 Å². The Hall–Kier alpha value is -2.76. The smallest absolute Gasteiger partial charge is 0.307 e. The quantitative estimate of drug-likeness (QED) is 0.905. The second-order valence-electron chi connectivity index (χ2n) is 5.72. The number of nitrogens with one attached hydrogen (secondary N) is 1. The van der Waals surface area contributed by atoms with Crippen molar-refractivity contribution in [3.63, 3.8) is 0 Å².